The fourth-order valence-electron chi connectivity index (χ4n) is 3.65. The maximum atomic E-state index is 13.4. The molecule has 0 spiro atoms. The van der Waals surface area contributed by atoms with Crippen LogP contribution >= 0.6 is 11.3 Å². The van der Waals surface area contributed by atoms with E-state index in [1.807, 2.05) is 23.1 Å². The molecule has 0 N–H and O–H groups in total. The smallest absolute Gasteiger partial charge is 0.232 e. The number of hydrogen-bond acceptors (Lipinski definition) is 4. The monoisotopic (exact) mass is 380 g/mol. The summed E-state index contributed by atoms with van der Waals surface area (Å²) in [6.45, 7) is 6.05. The van der Waals surface area contributed by atoms with Gasteiger partial charge in [-0.15, -0.1) is 0 Å². The van der Waals surface area contributed by atoms with Crippen molar-refractivity contribution in [2.45, 2.75) is 33.2 Å². The molecule has 27 heavy (non-hydrogen) atoms. The van der Waals surface area contributed by atoms with Crippen LogP contribution in [0.5, 0.6) is 0 Å². The van der Waals surface area contributed by atoms with Crippen molar-refractivity contribution in [3.63, 3.8) is 0 Å². The Hall–Kier alpha value is -2.24. The van der Waals surface area contributed by atoms with E-state index in [1.54, 1.807) is 11.3 Å². The Morgan fingerprint density at radius 1 is 1.19 bits per heavy atom. The third-order valence-corrected chi connectivity index (χ3v) is 6.09. The molecule has 2 aromatic carbocycles. The highest BCUT2D eigenvalue weighted by atomic mass is 32.1. The number of thiazole rings is 1. The van der Waals surface area contributed by atoms with E-state index in [0.717, 1.165) is 39.3 Å². The number of ether oxygens (including phenoxy) is 1. The van der Waals surface area contributed by atoms with Gasteiger partial charge >= 0.3 is 0 Å². The molecule has 1 amide bonds. The molecular weight excluding hydrogens is 356 g/mol. The lowest BCUT2D eigenvalue weighted by atomic mass is 9.98. The van der Waals surface area contributed by atoms with Crippen molar-refractivity contribution < 1.29 is 9.53 Å². The average Bonchev–Trinajstić information content (AvgIpc) is 3.11. The minimum Gasteiger partial charge on any atom is -0.381 e. The van der Waals surface area contributed by atoms with Gasteiger partial charge in [0, 0.05) is 19.1 Å². The molecule has 4 rings (SSSR count). The second kappa shape index (κ2) is 7.79. The Morgan fingerprint density at radius 2 is 1.93 bits per heavy atom. The van der Waals surface area contributed by atoms with E-state index in [-0.39, 0.29) is 11.8 Å². The molecule has 0 radical (unpaired) electrons. The van der Waals surface area contributed by atoms with E-state index in [0.29, 0.717) is 19.8 Å². The molecule has 1 fully saturated rings. The molecule has 1 aromatic heterocycles. The number of carbonyl (C=O) groups is 1. The van der Waals surface area contributed by atoms with Crippen molar-refractivity contribution in [3.05, 3.63) is 59.2 Å². The van der Waals surface area contributed by atoms with E-state index in [2.05, 4.69) is 38.1 Å². The number of nitrogens with zero attached hydrogens (tertiary/aromatic N) is 2. The molecule has 1 aliphatic heterocycles. The van der Waals surface area contributed by atoms with E-state index < -0.39 is 0 Å². The van der Waals surface area contributed by atoms with Crippen LogP contribution in [0.25, 0.3) is 10.2 Å². The second-order valence-electron chi connectivity index (χ2n) is 7.22. The Bertz CT molecular complexity index is 946. The summed E-state index contributed by atoms with van der Waals surface area (Å²) < 4.78 is 6.59. The number of aromatic nitrogens is 1. The van der Waals surface area contributed by atoms with Crippen molar-refractivity contribution in [1.29, 1.82) is 0 Å². The van der Waals surface area contributed by atoms with Gasteiger partial charge in [0.15, 0.2) is 5.13 Å². The maximum Gasteiger partial charge on any atom is 0.232 e. The molecule has 3 aromatic rings. The highest BCUT2D eigenvalue weighted by Gasteiger charge is 2.29. The fraction of sp³-hybridized carbons (Fsp3) is 0.364. The van der Waals surface area contributed by atoms with Crippen LogP contribution in [0.4, 0.5) is 5.13 Å². The molecule has 4 nitrogen and oxygen atoms in total. The lowest BCUT2D eigenvalue weighted by Crippen LogP contribution is -2.38. The highest BCUT2D eigenvalue weighted by Crippen LogP contribution is 2.34. The third-order valence-electron chi connectivity index (χ3n) is 5.07. The van der Waals surface area contributed by atoms with Gasteiger partial charge in [0.25, 0.3) is 0 Å². The number of aryl methyl sites for hydroxylation is 2. The molecule has 0 unspecified atom stereocenters. The predicted octanol–water partition coefficient (Wildman–Crippen LogP) is 4.87. The van der Waals surface area contributed by atoms with Gasteiger partial charge in [-0.05, 0) is 49.4 Å². The van der Waals surface area contributed by atoms with Gasteiger partial charge in [0.2, 0.25) is 5.91 Å². The standard InChI is InChI=1S/C22H24N2O2S/c1-15-12-16(2)20-19(13-15)27-22(23-20)24(14-17-6-4-3-5-7-17)21(25)18-8-10-26-11-9-18/h3-7,12-13,18H,8-11,14H2,1-2H3. The number of benzene rings is 2. The van der Waals surface area contributed by atoms with Gasteiger partial charge in [0.05, 0.1) is 16.8 Å². The van der Waals surface area contributed by atoms with Crippen LogP contribution in [0.2, 0.25) is 0 Å². The predicted molar refractivity (Wildman–Crippen MR) is 110 cm³/mol. The summed E-state index contributed by atoms with van der Waals surface area (Å²) in [6, 6.07) is 14.4. The van der Waals surface area contributed by atoms with Gasteiger partial charge in [-0.2, -0.15) is 0 Å². The molecule has 2 heterocycles. The summed E-state index contributed by atoms with van der Waals surface area (Å²) in [7, 11) is 0. The quantitative estimate of drug-likeness (QED) is 0.648. The Morgan fingerprint density at radius 3 is 2.67 bits per heavy atom. The second-order valence-corrected chi connectivity index (χ2v) is 8.23. The van der Waals surface area contributed by atoms with Crippen LogP contribution in [-0.2, 0) is 16.1 Å². The van der Waals surface area contributed by atoms with Gasteiger partial charge in [-0.1, -0.05) is 47.7 Å². The lowest BCUT2D eigenvalue weighted by molar-refractivity contribution is -0.125. The molecule has 0 saturated carbocycles. The Labute approximate surface area is 163 Å². The SMILES string of the molecule is Cc1cc(C)c2nc(N(Cc3ccccc3)C(=O)C3CCOCC3)sc2c1. The molecule has 0 bridgehead atoms. The van der Waals surface area contributed by atoms with Crippen molar-refractivity contribution in [2.24, 2.45) is 5.92 Å². The average molecular weight is 381 g/mol. The van der Waals surface area contributed by atoms with E-state index >= 15 is 0 Å². The van der Waals surface area contributed by atoms with Crippen LogP contribution in [0.3, 0.4) is 0 Å². The molecule has 0 aliphatic carbocycles. The topological polar surface area (TPSA) is 42.4 Å². The number of anilines is 1. The number of carbonyl (C=O) groups excluding carboxylic acids is 1. The molecule has 1 saturated heterocycles. The number of amides is 1. The van der Waals surface area contributed by atoms with Crippen LogP contribution in [0.15, 0.2) is 42.5 Å². The zero-order valence-corrected chi connectivity index (χ0v) is 16.6. The van der Waals surface area contributed by atoms with Crippen LogP contribution in [-0.4, -0.2) is 24.1 Å². The molecule has 0 atom stereocenters. The molecule has 140 valence electrons. The van der Waals surface area contributed by atoms with Crippen molar-refractivity contribution in [2.75, 3.05) is 18.1 Å². The summed E-state index contributed by atoms with van der Waals surface area (Å²) in [5, 5.41) is 0.791. The first-order valence-corrected chi connectivity index (χ1v) is 10.2. The highest BCUT2D eigenvalue weighted by molar-refractivity contribution is 7.22. The van der Waals surface area contributed by atoms with Crippen LogP contribution in [0.1, 0.15) is 29.5 Å². The first-order chi connectivity index (χ1) is 13.1. The molecule has 1 aliphatic rings. The zero-order valence-electron chi connectivity index (χ0n) is 15.8. The van der Waals surface area contributed by atoms with Crippen LogP contribution < -0.4 is 4.90 Å². The summed E-state index contributed by atoms with van der Waals surface area (Å²) in [6.07, 6.45) is 1.57. The van der Waals surface area contributed by atoms with Crippen molar-refractivity contribution in [1.82, 2.24) is 4.98 Å². The van der Waals surface area contributed by atoms with E-state index in [4.69, 9.17) is 9.72 Å². The summed E-state index contributed by atoms with van der Waals surface area (Å²) in [4.78, 5) is 20.1. The van der Waals surface area contributed by atoms with Crippen LogP contribution in [0, 0.1) is 19.8 Å². The minimum atomic E-state index is 0.0114. The van der Waals surface area contributed by atoms with Gasteiger partial charge < -0.3 is 4.74 Å². The number of fused-ring (bicyclic) bond motifs is 1. The van der Waals surface area contributed by atoms with Gasteiger partial charge in [0.1, 0.15) is 0 Å². The number of rotatable bonds is 4. The Balaban J connectivity index is 1.72. The van der Waals surface area contributed by atoms with E-state index in [9.17, 15) is 4.79 Å². The van der Waals surface area contributed by atoms with Crippen molar-refractivity contribution >= 4 is 32.6 Å². The molecule has 5 heteroatoms. The van der Waals surface area contributed by atoms with Gasteiger partial charge in [-0.3, -0.25) is 9.69 Å². The normalized spacial score (nSPS) is 15.2. The summed E-state index contributed by atoms with van der Waals surface area (Å²) in [5.74, 6) is 0.174. The largest absolute Gasteiger partial charge is 0.381 e. The Kier molecular flexibility index (Phi) is 5.23. The first kappa shape index (κ1) is 18.1. The molecular formula is C22H24N2O2S. The summed E-state index contributed by atoms with van der Waals surface area (Å²) >= 11 is 1.61. The number of hydrogen-bond donors (Lipinski definition) is 0. The first-order valence-electron chi connectivity index (χ1n) is 9.42. The zero-order chi connectivity index (χ0) is 18.8. The lowest BCUT2D eigenvalue weighted by Gasteiger charge is -2.27. The van der Waals surface area contributed by atoms with E-state index in [1.165, 1.54) is 5.56 Å². The van der Waals surface area contributed by atoms with Crippen molar-refractivity contribution in [3.8, 4) is 0 Å². The minimum absolute atomic E-state index is 0.0114. The third kappa shape index (κ3) is 3.89. The van der Waals surface area contributed by atoms with Gasteiger partial charge in [-0.25, -0.2) is 4.98 Å². The maximum absolute atomic E-state index is 13.4. The summed E-state index contributed by atoms with van der Waals surface area (Å²) in [5.41, 5.74) is 4.50. The fourth-order valence-corrected chi connectivity index (χ4v) is 4.79.